The summed E-state index contributed by atoms with van der Waals surface area (Å²) in [6, 6.07) is 4.45. The van der Waals surface area contributed by atoms with E-state index in [-0.39, 0.29) is 12.1 Å². The van der Waals surface area contributed by atoms with Crippen molar-refractivity contribution in [3.05, 3.63) is 22.4 Å². The summed E-state index contributed by atoms with van der Waals surface area (Å²) in [5.74, 6) is 0.919. The molecule has 100 valence electrons. The third-order valence-corrected chi connectivity index (χ3v) is 4.39. The van der Waals surface area contributed by atoms with E-state index in [0.29, 0.717) is 18.5 Å². The third-order valence-electron chi connectivity index (χ3n) is 3.46. The van der Waals surface area contributed by atoms with E-state index >= 15 is 0 Å². The average Bonchev–Trinajstić information content (AvgIpc) is 2.94. The number of carbonyl (C=O) groups excluding carboxylic acids is 1. The predicted molar refractivity (Wildman–Crippen MR) is 75.4 cm³/mol. The summed E-state index contributed by atoms with van der Waals surface area (Å²) in [7, 11) is 0. The Hall–Kier alpha value is -0.870. The van der Waals surface area contributed by atoms with Crippen molar-refractivity contribution in [3.63, 3.8) is 0 Å². The van der Waals surface area contributed by atoms with Crippen molar-refractivity contribution in [1.29, 1.82) is 0 Å². The van der Waals surface area contributed by atoms with Gasteiger partial charge in [-0.05, 0) is 37.1 Å². The molecule has 0 saturated carbocycles. The van der Waals surface area contributed by atoms with E-state index in [1.165, 1.54) is 11.3 Å². The summed E-state index contributed by atoms with van der Waals surface area (Å²) in [6.07, 6.45) is 2.33. The molecule has 1 aromatic rings. The molecule has 1 aliphatic heterocycles. The molecule has 2 unspecified atom stereocenters. The first kappa shape index (κ1) is 13.6. The summed E-state index contributed by atoms with van der Waals surface area (Å²) >= 11 is 1.71. The third kappa shape index (κ3) is 2.93. The van der Waals surface area contributed by atoms with Gasteiger partial charge in [-0.25, -0.2) is 0 Å². The molecule has 18 heavy (non-hydrogen) atoms. The summed E-state index contributed by atoms with van der Waals surface area (Å²) in [6.45, 7) is 7.09. The molecule has 1 aliphatic rings. The van der Waals surface area contributed by atoms with Crippen LogP contribution < -0.4 is 5.32 Å². The highest BCUT2D eigenvalue weighted by Gasteiger charge is 2.35. The molecule has 3 nitrogen and oxygen atoms in total. The van der Waals surface area contributed by atoms with Crippen molar-refractivity contribution in [2.45, 2.75) is 45.8 Å². The van der Waals surface area contributed by atoms with Gasteiger partial charge in [-0.2, -0.15) is 0 Å². The van der Waals surface area contributed by atoms with Crippen molar-refractivity contribution in [2.24, 2.45) is 5.92 Å². The molecule has 2 heterocycles. The van der Waals surface area contributed by atoms with Crippen LogP contribution in [0.1, 0.15) is 44.7 Å². The number of rotatable bonds is 5. The molecule has 0 aromatic carbocycles. The lowest BCUT2D eigenvalue weighted by Crippen LogP contribution is -2.37. The van der Waals surface area contributed by atoms with Crippen LogP contribution >= 0.6 is 11.3 Å². The number of nitrogens with zero attached hydrogens (tertiary/aromatic N) is 1. The van der Waals surface area contributed by atoms with Gasteiger partial charge in [0.1, 0.15) is 6.17 Å². The topological polar surface area (TPSA) is 32.3 Å². The SMILES string of the molecule is CC(C)CCC(C)N1C(=O)CNC1c1cccs1. The Labute approximate surface area is 113 Å². The van der Waals surface area contributed by atoms with E-state index in [4.69, 9.17) is 0 Å². The van der Waals surface area contributed by atoms with Crippen LogP contribution in [0.3, 0.4) is 0 Å². The predicted octanol–water partition coefficient (Wildman–Crippen LogP) is 3.00. The van der Waals surface area contributed by atoms with Gasteiger partial charge >= 0.3 is 0 Å². The van der Waals surface area contributed by atoms with Crippen LogP contribution in [0.5, 0.6) is 0 Å². The van der Waals surface area contributed by atoms with Crippen LogP contribution in [0.25, 0.3) is 0 Å². The Morgan fingerprint density at radius 3 is 2.83 bits per heavy atom. The minimum atomic E-state index is 0.0830. The van der Waals surface area contributed by atoms with Crippen LogP contribution in [0.15, 0.2) is 17.5 Å². The van der Waals surface area contributed by atoms with Gasteiger partial charge in [-0.3, -0.25) is 10.1 Å². The number of hydrogen-bond acceptors (Lipinski definition) is 3. The molecule has 2 atom stereocenters. The highest BCUT2D eigenvalue weighted by atomic mass is 32.1. The van der Waals surface area contributed by atoms with Gasteiger partial charge in [-0.15, -0.1) is 11.3 Å². The van der Waals surface area contributed by atoms with E-state index in [0.717, 1.165) is 6.42 Å². The maximum Gasteiger partial charge on any atom is 0.238 e. The zero-order valence-corrected chi connectivity index (χ0v) is 12.2. The minimum absolute atomic E-state index is 0.0830. The largest absolute Gasteiger partial charge is 0.318 e. The highest BCUT2D eigenvalue weighted by Crippen LogP contribution is 2.29. The molecule has 1 N–H and O–H groups in total. The Kier molecular flexibility index (Phi) is 4.40. The van der Waals surface area contributed by atoms with Crippen molar-refractivity contribution in [2.75, 3.05) is 6.54 Å². The first-order valence-corrected chi connectivity index (χ1v) is 7.55. The van der Waals surface area contributed by atoms with Gasteiger partial charge in [0.2, 0.25) is 5.91 Å². The van der Waals surface area contributed by atoms with Gasteiger partial charge in [0.25, 0.3) is 0 Å². The van der Waals surface area contributed by atoms with Crippen LogP contribution in [-0.4, -0.2) is 23.4 Å². The van der Waals surface area contributed by atoms with Crippen molar-refractivity contribution in [3.8, 4) is 0 Å². The molecule has 1 aromatic heterocycles. The minimum Gasteiger partial charge on any atom is -0.318 e. The summed E-state index contributed by atoms with van der Waals surface area (Å²) in [5.41, 5.74) is 0. The fourth-order valence-electron chi connectivity index (χ4n) is 2.42. The Morgan fingerprint density at radius 2 is 2.22 bits per heavy atom. The standard InChI is InChI=1S/C14H22N2OS/c1-10(2)6-7-11(3)16-13(17)9-15-14(16)12-5-4-8-18-12/h4-5,8,10-11,14-15H,6-7,9H2,1-3H3. The maximum atomic E-state index is 12.0. The maximum absolute atomic E-state index is 12.0. The smallest absolute Gasteiger partial charge is 0.238 e. The molecule has 4 heteroatoms. The van der Waals surface area contributed by atoms with Crippen molar-refractivity contribution >= 4 is 17.2 Å². The summed E-state index contributed by atoms with van der Waals surface area (Å²) in [4.78, 5) is 15.3. The first-order chi connectivity index (χ1) is 8.59. The second-order valence-corrected chi connectivity index (χ2v) is 6.40. The summed E-state index contributed by atoms with van der Waals surface area (Å²) in [5, 5.41) is 5.38. The number of amides is 1. The molecular weight excluding hydrogens is 244 g/mol. The van der Waals surface area contributed by atoms with Gasteiger partial charge in [0, 0.05) is 10.9 Å². The number of nitrogens with one attached hydrogen (secondary N) is 1. The first-order valence-electron chi connectivity index (χ1n) is 6.67. The quantitative estimate of drug-likeness (QED) is 0.888. The zero-order chi connectivity index (χ0) is 13.1. The average molecular weight is 266 g/mol. The summed E-state index contributed by atoms with van der Waals surface area (Å²) < 4.78 is 0. The van der Waals surface area contributed by atoms with E-state index in [9.17, 15) is 4.79 Å². The monoisotopic (exact) mass is 266 g/mol. The van der Waals surface area contributed by atoms with Crippen LogP contribution in [-0.2, 0) is 4.79 Å². The lowest BCUT2D eigenvalue weighted by Gasteiger charge is -2.30. The van der Waals surface area contributed by atoms with Crippen molar-refractivity contribution in [1.82, 2.24) is 10.2 Å². The molecule has 1 fully saturated rings. The normalized spacial score (nSPS) is 21.9. The van der Waals surface area contributed by atoms with E-state index < -0.39 is 0 Å². The fourth-order valence-corrected chi connectivity index (χ4v) is 3.21. The number of thiophene rings is 1. The van der Waals surface area contributed by atoms with Crippen LogP contribution in [0.4, 0.5) is 0 Å². The molecule has 0 radical (unpaired) electrons. The Bertz CT molecular complexity index is 389. The lowest BCUT2D eigenvalue weighted by atomic mass is 10.0. The van der Waals surface area contributed by atoms with Crippen molar-refractivity contribution < 1.29 is 4.79 Å². The molecule has 1 saturated heterocycles. The van der Waals surface area contributed by atoms with Gasteiger partial charge in [0.15, 0.2) is 0 Å². The fraction of sp³-hybridized carbons (Fsp3) is 0.643. The zero-order valence-electron chi connectivity index (χ0n) is 11.3. The van der Waals surface area contributed by atoms with E-state index in [2.05, 4.69) is 37.5 Å². The highest BCUT2D eigenvalue weighted by molar-refractivity contribution is 7.10. The van der Waals surface area contributed by atoms with Crippen LogP contribution in [0, 0.1) is 5.92 Å². The Morgan fingerprint density at radius 1 is 1.44 bits per heavy atom. The van der Waals surface area contributed by atoms with Crippen LogP contribution in [0.2, 0.25) is 0 Å². The Balaban J connectivity index is 2.05. The molecule has 0 bridgehead atoms. The van der Waals surface area contributed by atoms with E-state index in [1.807, 2.05) is 11.0 Å². The second-order valence-electron chi connectivity index (χ2n) is 5.42. The van der Waals surface area contributed by atoms with Gasteiger partial charge in [0.05, 0.1) is 6.54 Å². The van der Waals surface area contributed by atoms with Gasteiger partial charge < -0.3 is 4.90 Å². The molecule has 1 amide bonds. The number of hydrogen-bond donors (Lipinski definition) is 1. The molecular formula is C14H22N2OS. The lowest BCUT2D eigenvalue weighted by molar-refractivity contribution is -0.130. The second kappa shape index (κ2) is 5.85. The molecule has 0 spiro atoms. The molecule has 0 aliphatic carbocycles. The molecule has 2 rings (SSSR count). The number of carbonyl (C=O) groups is 1. The van der Waals surface area contributed by atoms with E-state index in [1.54, 1.807) is 11.3 Å². The van der Waals surface area contributed by atoms with Gasteiger partial charge in [-0.1, -0.05) is 19.9 Å².